The van der Waals surface area contributed by atoms with E-state index in [4.69, 9.17) is 5.73 Å². The highest BCUT2D eigenvalue weighted by Gasteiger charge is 2.06. The molecule has 1 rings (SSSR count). The average Bonchev–Trinajstić information content (AvgIpc) is 2.21. The predicted octanol–water partition coefficient (Wildman–Crippen LogP) is 1.22. The Balaban J connectivity index is 2.37. The lowest BCUT2D eigenvalue weighted by Gasteiger charge is -2.07. The second-order valence-corrected chi connectivity index (χ2v) is 3.88. The van der Waals surface area contributed by atoms with Crippen molar-refractivity contribution in [3.8, 4) is 0 Å². The van der Waals surface area contributed by atoms with E-state index in [9.17, 15) is 9.18 Å². The van der Waals surface area contributed by atoms with Crippen molar-refractivity contribution in [3.05, 3.63) is 35.6 Å². The van der Waals surface area contributed by atoms with Crippen molar-refractivity contribution >= 4 is 5.91 Å². The maximum Gasteiger partial charge on any atom is 0.224 e. The summed E-state index contributed by atoms with van der Waals surface area (Å²) in [5.41, 5.74) is 5.96. The van der Waals surface area contributed by atoms with Gasteiger partial charge >= 0.3 is 0 Å². The second-order valence-electron chi connectivity index (χ2n) is 3.88. The summed E-state index contributed by atoms with van der Waals surface area (Å²) < 4.78 is 13.2. The summed E-state index contributed by atoms with van der Waals surface area (Å²) in [6, 6.07) is 6.35. The molecule has 3 N–H and O–H groups in total. The van der Waals surface area contributed by atoms with Crippen molar-refractivity contribution in [1.82, 2.24) is 5.32 Å². The van der Waals surface area contributed by atoms with Gasteiger partial charge in [-0.1, -0.05) is 18.2 Å². The zero-order valence-corrected chi connectivity index (χ0v) is 9.37. The Bertz CT molecular complexity index is 353. The summed E-state index contributed by atoms with van der Waals surface area (Å²) in [4.78, 5) is 11.4. The highest BCUT2D eigenvalue weighted by Crippen LogP contribution is 2.06. The van der Waals surface area contributed by atoms with Crippen LogP contribution in [0.1, 0.15) is 18.9 Å². The van der Waals surface area contributed by atoms with Gasteiger partial charge in [-0.25, -0.2) is 4.39 Å². The number of halogens is 1. The van der Waals surface area contributed by atoms with E-state index in [0.717, 1.165) is 6.42 Å². The maximum absolute atomic E-state index is 13.2. The fourth-order valence-electron chi connectivity index (χ4n) is 1.32. The molecule has 0 saturated carbocycles. The van der Waals surface area contributed by atoms with Crippen LogP contribution in [0.2, 0.25) is 0 Å². The fraction of sp³-hybridized carbons (Fsp3) is 0.417. The Kier molecular flexibility index (Phi) is 4.92. The number of hydrogen-bond acceptors (Lipinski definition) is 2. The monoisotopic (exact) mass is 224 g/mol. The largest absolute Gasteiger partial charge is 0.356 e. The lowest BCUT2D eigenvalue weighted by molar-refractivity contribution is -0.120. The van der Waals surface area contributed by atoms with E-state index in [0.29, 0.717) is 12.1 Å². The molecule has 1 aromatic carbocycles. The van der Waals surface area contributed by atoms with Crippen molar-refractivity contribution in [2.75, 3.05) is 6.54 Å². The molecule has 16 heavy (non-hydrogen) atoms. The van der Waals surface area contributed by atoms with Gasteiger partial charge in [0, 0.05) is 12.6 Å². The topological polar surface area (TPSA) is 55.1 Å². The minimum atomic E-state index is -0.343. The minimum Gasteiger partial charge on any atom is -0.356 e. The molecule has 1 aromatic rings. The smallest absolute Gasteiger partial charge is 0.224 e. The predicted molar refractivity (Wildman–Crippen MR) is 61.4 cm³/mol. The Morgan fingerprint density at radius 1 is 1.50 bits per heavy atom. The van der Waals surface area contributed by atoms with Crippen LogP contribution < -0.4 is 11.1 Å². The van der Waals surface area contributed by atoms with E-state index in [1.807, 2.05) is 6.92 Å². The summed E-state index contributed by atoms with van der Waals surface area (Å²) in [7, 11) is 0. The highest BCUT2D eigenvalue weighted by atomic mass is 19.1. The molecule has 0 bridgehead atoms. The molecule has 0 aliphatic carbocycles. The molecule has 0 aliphatic rings. The Morgan fingerprint density at radius 2 is 2.19 bits per heavy atom. The number of rotatable bonds is 5. The van der Waals surface area contributed by atoms with Gasteiger partial charge in [-0.15, -0.1) is 0 Å². The van der Waals surface area contributed by atoms with E-state index >= 15 is 0 Å². The highest BCUT2D eigenvalue weighted by molar-refractivity contribution is 5.78. The van der Waals surface area contributed by atoms with Gasteiger partial charge < -0.3 is 11.1 Å². The maximum atomic E-state index is 13.2. The van der Waals surface area contributed by atoms with E-state index in [1.165, 1.54) is 6.07 Å². The first-order chi connectivity index (χ1) is 7.59. The van der Waals surface area contributed by atoms with Gasteiger partial charge in [-0.3, -0.25) is 4.79 Å². The Labute approximate surface area is 94.8 Å². The number of benzene rings is 1. The van der Waals surface area contributed by atoms with Crippen molar-refractivity contribution in [3.63, 3.8) is 0 Å². The van der Waals surface area contributed by atoms with Crippen LogP contribution in [0.25, 0.3) is 0 Å². The molecular formula is C12H17FN2O. The van der Waals surface area contributed by atoms with Crippen LogP contribution in [0, 0.1) is 5.82 Å². The Hall–Kier alpha value is -1.42. The van der Waals surface area contributed by atoms with Gasteiger partial charge in [0.1, 0.15) is 5.82 Å². The summed E-state index contributed by atoms with van der Waals surface area (Å²) in [6.45, 7) is 2.41. The van der Waals surface area contributed by atoms with Crippen LogP contribution in [0.4, 0.5) is 4.39 Å². The number of amides is 1. The molecule has 0 aliphatic heterocycles. The third-order valence-corrected chi connectivity index (χ3v) is 2.23. The Morgan fingerprint density at radius 3 is 2.81 bits per heavy atom. The number of carbonyl (C=O) groups is 1. The lowest BCUT2D eigenvalue weighted by Crippen LogP contribution is -2.30. The number of nitrogens with one attached hydrogen (secondary N) is 1. The summed E-state index contributed by atoms with van der Waals surface area (Å²) in [5.74, 6) is -0.518. The standard InChI is InChI=1S/C12H17FN2O/c1-9(14)6-7-15-12(16)8-10-4-2-3-5-11(10)13/h2-5,9H,6-8,14H2,1H3,(H,15,16). The first kappa shape index (κ1) is 12.6. The van der Waals surface area contributed by atoms with Gasteiger partial charge in [0.15, 0.2) is 0 Å². The first-order valence-corrected chi connectivity index (χ1v) is 5.35. The molecule has 1 atom stereocenters. The van der Waals surface area contributed by atoms with Crippen LogP contribution in [0.3, 0.4) is 0 Å². The molecule has 1 unspecified atom stereocenters. The van der Waals surface area contributed by atoms with Crippen molar-refractivity contribution < 1.29 is 9.18 Å². The minimum absolute atomic E-state index is 0.0637. The average molecular weight is 224 g/mol. The normalized spacial score (nSPS) is 12.2. The van der Waals surface area contributed by atoms with Gasteiger partial charge in [-0.2, -0.15) is 0 Å². The van der Waals surface area contributed by atoms with Crippen molar-refractivity contribution in [1.29, 1.82) is 0 Å². The molecule has 0 saturated heterocycles. The van der Waals surface area contributed by atoms with E-state index in [1.54, 1.807) is 18.2 Å². The fourth-order valence-corrected chi connectivity index (χ4v) is 1.32. The van der Waals surface area contributed by atoms with Gasteiger partial charge in [-0.05, 0) is 25.0 Å². The molecule has 3 nitrogen and oxygen atoms in total. The van der Waals surface area contributed by atoms with Gasteiger partial charge in [0.25, 0.3) is 0 Å². The summed E-state index contributed by atoms with van der Waals surface area (Å²) in [6.07, 6.45) is 0.800. The van der Waals surface area contributed by atoms with Crippen LogP contribution in [0.5, 0.6) is 0 Å². The van der Waals surface area contributed by atoms with E-state index in [2.05, 4.69) is 5.32 Å². The molecule has 0 radical (unpaired) electrons. The lowest BCUT2D eigenvalue weighted by atomic mass is 10.1. The zero-order valence-electron chi connectivity index (χ0n) is 9.37. The molecule has 1 amide bonds. The van der Waals surface area contributed by atoms with Crippen LogP contribution >= 0.6 is 0 Å². The first-order valence-electron chi connectivity index (χ1n) is 5.35. The van der Waals surface area contributed by atoms with Gasteiger partial charge in [0.2, 0.25) is 5.91 Å². The summed E-state index contributed by atoms with van der Waals surface area (Å²) in [5, 5.41) is 2.70. The summed E-state index contributed by atoms with van der Waals surface area (Å²) >= 11 is 0. The molecule has 0 heterocycles. The molecule has 0 aromatic heterocycles. The third kappa shape index (κ3) is 4.40. The zero-order chi connectivity index (χ0) is 12.0. The van der Waals surface area contributed by atoms with Crippen LogP contribution in [-0.4, -0.2) is 18.5 Å². The van der Waals surface area contributed by atoms with Crippen LogP contribution in [0.15, 0.2) is 24.3 Å². The van der Waals surface area contributed by atoms with Crippen molar-refractivity contribution in [2.24, 2.45) is 5.73 Å². The molecule has 88 valence electrons. The third-order valence-electron chi connectivity index (χ3n) is 2.23. The molecular weight excluding hydrogens is 207 g/mol. The molecule has 0 fully saturated rings. The van der Waals surface area contributed by atoms with Gasteiger partial charge in [0.05, 0.1) is 6.42 Å². The number of nitrogens with two attached hydrogens (primary N) is 1. The number of hydrogen-bond donors (Lipinski definition) is 2. The van der Waals surface area contributed by atoms with Crippen molar-refractivity contribution in [2.45, 2.75) is 25.8 Å². The number of carbonyl (C=O) groups excluding carboxylic acids is 1. The molecule has 0 spiro atoms. The van der Waals surface area contributed by atoms with E-state index in [-0.39, 0.29) is 24.2 Å². The second kappa shape index (κ2) is 6.23. The molecule has 4 heteroatoms. The quantitative estimate of drug-likeness (QED) is 0.790. The van der Waals surface area contributed by atoms with E-state index < -0.39 is 0 Å². The van der Waals surface area contributed by atoms with Crippen LogP contribution in [-0.2, 0) is 11.2 Å². The SMILES string of the molecule is CC(N)CCNC(=O)Cc1ccccc1F.